The zero-order valence-corrected chi connectivity index (χ0v) is 13.0. The second-order valence-corrected chi connectivity index (χ2v) is 5.32. The summed E-state index contributed by atoms with van der Waals surface area (Å²) < 4.78 is 5.57. The van der Waals surface area contributed by atoms with Crippen molar-refractivity contribution in [2.45, 2.75) is 45.3 Å². The Hall–Kier alpha value is -2.30. The fourth-order valence-corrected chi connectivity index (χ4v) is 1.97. The van der Waals surface area contributed by atoms with Crippen molar-refractivity contribution >= 4 is 11.9 Å². The number of rotatable bonds is 9. The van der Waals surface area contributed by atoms with Crippen LogP contribution in [0.2, 0.25) is 0 Å². The van der Waals surface area contributed by atoms with Gasteiger partial charge in [0.15, 0.2) is 0 Å². The van der Waals surface area contributed by atoms with Gasteiger partial charge in [0.2, 0.25) is 5.91 Å². The maximum absolute atomic E-state index is 12.0. The first-order chi connectivity index (χ1) is 10.4. The van der Waals surface area contributed by atoms with Gasteiger partial charge in [0.05, 0.1) is 12.5 Å². The number of amides is 1. The molecule has 0 bridgehead atoms. The van der Waals surface area contributed by atoms with Crippen LogP contribution in [0.1, 0.15) is 32.3 Å². The number of allylic oxidation sites excluding steroid dienone is 1. The number of nitrogens with one attached hydrogen (secondary N) is 1. The molecule has 5 nitrogen and oxygen atoms in total. The van der Waals surface area contributed by atoms with E-state index in [0.717, 1.165) is 5.56 Å². The number of hydrogen-bond acceptors (Lipinski definition) is 3. The van der Waals surface area contributed by atoms with Crippen LogP contribution in [0.5, 0.6) is 5.75 Å². The number of carbonyl (C=O) groups excluding carboxylic acids is 1. The number of carbonyl (C=O) groups is 2. The maximum atomic E-state index is 12.0. The normalized spacial score (nSPS) is 11.8. The van der Waals surface area contributed by atoms with E-state index in [1.807, 2.05) is 32.0 Å². The third kappa shape index (κ3) is 6.43. The maximum Gasteiger partial charge on any atom is 0.326 e. The molecule has 0 heterocycles. The molecule has 0 fully saturated rings. The van der Waals surface area contributed by atoms with Crippen LogP contribution in [0.15, 0.2) is 36.9 Å². The highest BCUT2D eigenvalue weighted by atomic mass is 16.5. The molecule has 0 aliphatic carbocycles. The van der Waals surface area contributed by atoms with Crippen LogP contribution in [-0.2, 0) is 16.0 Å². The summed E-state index contributed by atoms with van der Waals surface area (Å²) >= 11 is 0. The molecule has 1 atom stereocenters. The van der Waals surface area contributed by atoms with E-state index in [4.69, 9.17) is 9.84 Å². The van der Waals surface area contributed by atoms with Gasteiger partial charge in [-0.25, -0.2) is 4.79 Å². The lowest BCUT2D eigenvalue weighted by atomic mass is 10.1. The first-order valence-corrected chi connectivity index (χ1v) is 7.31. The van der Waals surface area contributed by atoms with Crippen molar-refractivity contribution in [3.63, 3.8) is 0 Å². The summed E-state index contributed by atoms with van der Waals surface area (Å²) in [6, 6.07) is 6.35. The van der Waals surface area contributed by atoms with Gasteiger partial charge in [0, 0.05) is 0 Å². The molecule has 1 aromatic carbocycles. The fourth-order valence-electron chi connectivity index (χ4n) is 1.97. The van der Waals surface area contributed by atoms with E-state index in [-0.39, 0.29) is 18.4 Å². The SMILES string of the molecule is C=CCCC(NC(=O)Cc1cccc(OC(C)C)c1)C(=O)O. The van der Waals surface area contributed by atoms with E-state index in [1.54, 1.807) is 12.1 Å². The van der Waals surface area contributed by atoms with Gasteiger partial charge in [-0.05, 0) is 44.4 Å². The van der Waals surface area contributed by atoms with Crippen molar-refractivity contribution in [1.29, 1.82) is 0 Å². The predicted octanol–water partition coefficient (Wildman–Crippen LogP) is 2.55. The first-order valence-electron chi connectivity index (χ1n) is 7.31. The highest BCUT2D eigenvalue weighted by molar-refractivity contribution is 5.84. The standard InChI is InChI=1S/C17H23NO4/c1-4-5-9-15(17(20)21)18-16(19)11-13-7-6-8-14(10-13)22-12(2)3/h4,6-8,10,12,15H,1,5,9,11H2,2-3H3,(H,18,19)(H,20,21). The summed E-state index contributed by atoms with van der Waals surface area (Å²) in [5.74, 6) is -0.660. The van der Waals surface area contributed by atoms with Gasteiger partial charge in [0.1, 0.15) is 11.8 Å². The molecule has 2 N–H and O–H groups in total. The van der Waals surface area contributed by atoms with Gasteiger partial charge in [-0.1, -0.05) is 18.2 Å². The Labute approximate surface area is 131 Å². The molecule has 1 amide bonds. The lowest BCUT2D eigenvalue weighted by molar-refractivity contribution is -0.141. The lowest BCUT2D eigenvalue weighted by Gasteiger charge is -2.14. The van der Waals surface area contributed by atoms with Crippen LogP contribution in [0.3, 0.4) is 0 Å². The molecule has 0 spiro atoms. The van der Waals surface area contributed by atoms with Crippen LogP contribution in [-0.4, -0.2) is 29.1 Å². The summed E-state index contributed by atoms with van der Waals surface area (Å²) in [6.07, 6.45) is 2.68. The Balaban J connectivity index is 2.63. The van der Waals surface area contributed by atoms with E-state index >= 15 is 0 Å². The number of benzene rings is 1. The molecule has 0 radical (unpaired) electrons. The summed E-state index contributed by atoms with van der Waals surface area (Å²) in [5, 5.41) is 11.6. The minimum Gasteiger partial charge on any atom is -0.491 e. The van der Waals surface area contributed by atoms with Gasteiger partial charge in [-0.3, -0.25) is 4.79 Å². The van der Waals surface area contributed by atoms with Gasteiger partial charge in [-0.15, -0.1) is 6.58 Å². The topological polar surface area (TPSA) is 75.6 Å². The Morgan fingerprint density at radius 1 is 1.41 bits per heavy atom. The highest BCUT2D eigenvalue weighted by Crippen LogP contribution is 2.15. The Bertz CT molecular complexity index is 525. The van der Waals surface area contributed by atoms with Crippen LogP contribution >= 0.6 is 0 Å². The number of hydrogen-bond donors (Lipinski definition) is 2. The third-order valence-corrected chi connectivity index (χ3v) is 2.93. The third-order valence-electron chi connectivity index (χ3n) is 2.93. The zero-order valence-electron chi connectivity index (χ0n) is 13.0. The Kier molecular flexibility index (Phi) is 7.16. The van der Waals surface area contributed by atoms with Crippen molar-refractivity contribution in [1.82, 2.24) is 5.32 Å². The first kappa shape index (κ1) is 17.8. The van der Waals surface area contributed by atoms with Crippen molar-refractivity contribution in [2.75, 3.05) is 0 Å². The van der Waals surface area contributed by atoms with Crippen molar-refractivity contribution in [2.24, 2.45) is 0 Å². The molecule has 1 rings (SSSR count). The molecule has 0 saturated heterocycles. The Morgan fingerprint density at radius 3 is 2.73 bits per heavy atom. The molecular formula is C17H23NO4. The van der Waals surface area contributed by atoms with Crippen LogP contribution < -0.4 is 10.1 Å². The summed E-state index contributed by atoms with van der Waals surface area (Å²) in [5.41, 5.74) is 0.781. The Morgan fingerprint density at radius 2 is 2.14 bits per heavy atom. The summed E-state index contributed by atoms with van der Waals surface area (Å²) in [4.78, 5) is 23.1. The van der Waals surface area contributed by atoms with Gasteiger partial charge in [0.25, 0.3) is 0 Å². The minimum absolute atomic E-state index is 0.0550. The molecule has 0 aliphatic heterocycles. The number of aliphatic carboxylic acids is 1. The molecule has 22 heavy (non-hydrogen) atoms. The van der Waals surface area contributed by atoms with Gasteiger partial charge in [-0.2, -0.15) is 0 Å². The highest BCUT2D eigenvalue weighted by Gasteiger charge is 2.19. The largest absolute Gasteiger partial charge is 0.491 e. The number of carboxylic acid groups (broad SMARTS) is 1. The van der Waals surface area contributed by atoms with Crippen LogP contribution in [0.4, 0.5) is 0 Å². The van der Waals surface area contributed by atoms with Crippen molar-refractivity contribution < 1.29 is 19.4 Å². The van der Waals surface area contributed by atoms with E-state index in [2.05, 4.69) is 11.9 Å². The molecule has 0 aromatic heterocycles. The average Bonchev–Trinajstić information content (AvgIpc) is 2.42. The smallest absolute Gasteiger partial charge is 0.326 e. The molecular weight excluding hydrogens is 282 g/mol. The van der Waals surface area contributed by atoms with Crippen molar-refractivity contribution in [3.8, 4) is 5.75 Å². The minimum atomic E-state index is -1.04. The van der Waals surface area contributed by atoms with E-state index in [0.29, 0.717) is 18.6 Å². The zero-order chi connectivity index (χ0) is 16.5. The quantitative estimate of drug-likeness (QED) is 0.688. The molecule has 120 valence electrons. The summed E-state index contributed by atoms with van der Waals surface area (Å²) in [6.45, 7) is 7.41. The molecule has 5 heteroatoms. The van der Waals surface area contributed by atoms with E-state index in [9.17, 15) is 9.59 Å². The second kappa shape index (κ2) is 8.87. The van der Waals surface area contributed by atoms with E-state index < -0.39 is 12.0 Å². The molecule has 1 aromatic rings. The lowest BCUT2D eigenvalue weighted by Crippen LogP contribution is -2.41. The van der Waals surface area contributed by atoms with Crippen LogP contribution in [0, 0.1) is 0 Å². The monoisotopic (exact) mass is 305 g/mol. The molecule has 0 saturated carbocycles. The molecule has 0 aliphatic rings. The number of ether oxygens (including phenoxy) is 1. The predicted molar refractivity (Wildman–Crippen MR) is 84.9 cm³/mol. The van der Waals surface area contributed by atoms with Crippen LogP contribution in [0.25, 0.3) is 0 Å². The van der Waals surface area contributed by atoms with Gasteiger partial charge >= 0.3 is 5.97 Å². The number of carboxylic acids is 1. The fraction of sp³-hybridized carbons (Fsp3) is 0.412. The van der Waals surface area contributed by atoms with Gasteiger partial charge < -0.3 is 15.2 Å². The average molecular weight is 305 g/mol. The second-order valence-electron chi connectivity index (χ2n) is 5.32. The van der Waals surface area contributed by atoms with Crippen molar-refractivity contribution in [3.05, 3.63) is 42.5 Å². The summed E-state index contributed by atoms with van der Waals surface area (Å²) in [7, 11) is 0. The van der Waals surface area contributed by atoms with E-state index in [1.165, 1.54) is 0 Å². The molecule has 1 unspecified atom stereocenters.